The van der Waals surface area contributed by atoms with Gasteiger partial charge in [0.05, 0.1) is 6.61 Å². The summed E-state index contributed by atoms with van der Waals surface area (Å²) in [5, 5.41) is 11.6. The van der Waals surface area contributed by atoms with E-state index in [0.717, 1.165) is 25.9 Å². The van der Waals surface area contributed by atoms with Crippen LogP contribution in [0.1, 0.15) is 19.8 Å². The number of benzene rings is 1. The van der Waals surface area contributed by atoms with E-state index in [1.165, 1.54) is 0 Å². The summed E-state index contributed by atoms with van der Waals surface area (Å²) in [7, 11) is 1.68. The maximum absolute atomic E-state index is 12.3. The van der Waals surface area contributed by atoms with Gasteiger partial charge in [0.1, 0.15) is 6.04 Å². The number of anilines is 1. The predicted molar refractivity (Wildman–Crippen MR) is 97.5 cm³/mol. The molecule has 1 aromatic rings. The Balaban J connectivity index is 1.79. The molecule has 25 heavy (non-hydrogen) atoms. The van der Waals surface area contributed by atoms with E-state index in [4.69, 9.17) is 4.74 Å². The molecule has 2 rings (SSSR count). The van der Waals surface area contributed by atoms with Crippen molar-refractivity contribution in [3.8, 4) is 0 Å². The third kappa shape index (κ3) is 6.03. The highest BCUT2D eigenvalue weighted by molar-refractivity contribution is 5.93. The molecule has 0 radical (unpaired) electrons. The molecule has 0 aromatic heterocycles. The number of carbonyl (C=O) groups is 2. The number of rotatable bonds is 7. The Hall–Kier alpha value is -2.12. The summed E-state index contributed by atoms with van der Waals surface area (Å²) in [5.74, 6) is -0.197. The molecule has 1 aliphatic rings. The standard InChI is InChI=1S/C18H28N4O3/c1-14(21-17(24)22-15-6-4-3-5-7-15)16(23)20-12-18(13-25-2)8-10-19-11-9-18/h3-7,14,19H,8-13H2,1-2H3,(H,20,23)(H2,21,22,24). The molecular formula is C18H28N4O3. The number of urea groups is 1. The van der Waals surface area contributed by atoms with Crippen molar-refractivity contribution in [2.24, 2.45) is 5.41 Å². The Labute approximate surface area is 148 Å². The summed E-state index contributed by atoms with van der Waals surface area (Å²) in [6.07, 6.45) is 1.91. The monoisotopic (exact) mass is 348 g/mol. The van der Waals surface area contributed by atoms with Gasteiger partial charge in [0.15, 0.2) is 0 Å². The summed E-state index contributed by atoms with van der Waals surface area (Å²) >= 11 is 0. The summed E-state index contributed by atoms with van der Waals surface area (Å²) in [4.78, 5) is 24.3. The van der Waals surface area contributed by atoms with E-state index in [-0.39, 0.29) is 11.3 Å². The number of piperidine rings is 1. The molecule has 0 saturated carbocycles. The van der Waals surface area contributed by atoms with Crippen molar-refractivity contribution < 1.29 is 14.3 Å². The number of amides is 3. The number of ether oxygens (including phenoxy) is 1. The first-order valence-corrected chi connectivity index (χ1v) is 8.65. The van der Waals surface area contributed by atoms with Crippen molar-refractivity contribution in [2.75, 3.05) is 38.7 Å². The van der Waals surface area contributed by atoms with Crippen molar-refractivity contribution in [1.29, 1.82) is 0 Å². The van der Waals surface area contributed by atoms with Gasteiger partial charge in [-0.1, -0.05) is 18.2 Å². The number of hydrogen-bond donors (Lipinski definition) is 4. The lowest BCUT2D eigenvalue weighted by Gasteiger charge is -2.37. The Bertz CT molecular complexity index is 553. The molecule has 1 unspecified atom stereocenters. The third-order valence-electron chi connectivity index (χ3n) is 4.52. The van der Waals surface area contributed by atoms with E-state index >= 15 is 0 Å². The second-order valence-corrected chi connectivity index (χ2v) is 6.59. The van der Waals surface area contributed by atoms with Crippen LogP contribution in [0.3, 0.4) is 0 Å². The van der Waals surface area contributed by atoms with Crippen molar-refractivity contribution in [1.82, 2.24) is 16.0 Å². The van der Waals surface area contributed by atoms with E-state index in [1.54, 1.807) is 26.2 Å². The molecule has 1 aliphatic heterocycles. The topological polar surface area (TPSA) is 91.5 Å². The summed E-state index contributed by atoms with van der Waals surface area (Å²) in [6.45, 7) is 4.68. The van der Waals surface area contributed by atoms with Crippen molar-refractivity contribution in [3.05, 3.63) is 30.3 Å². The lowest BCUT2D eigenvalue weighted by atomic mass is 9.79. The van der Waals surface area contributed by atoms with Gasteiger partial charge in [-0.3, -0.25) is 4.79 Å². The molecule has 0 spiro atoms. The molecule has 4 N–H and O–H groups in total. The first-order valence-electron chi connectivity index (χ1n) is 8.65. The van der Waals surface area contributed by atoms with Crippen molar-refractivity contribution in [2.45, 2.75) is 25.8 Å². The number of para-hydroxylation sites is 1. The highest BCUT2D eigenvalue weighted by Gasteiger charge is 2.33. The van der Waals surface area contributed by atoms with Crippen molar-refractivity contribution >= 4 is 17.6 Å². The zero-order valence-electron chi connectivity index (χ0n) is 14.9. The van der Waals surface area contributed by atoms with Crippen LogP contribution in [0, 0.1) is 5.41 Å². The summed E-state index contributed by atoms with van der Waals surface area (Å²) in [6, 6.07) is 8.09. The van der Waals surface area contributed by atoms with Crippen LogP contribution < -0.4 is 21.3 Å². The van der Waals surface area contributed by atoms with E-state index in [2.05, 4.69) is 21.3 Å². The fourth-order valence-corrected chi connectivity index (χ4v) is 3.01. The van der Waals surface area contributed by atoms with Gasteiger partial charge in [-0.2, -0.15) is 0 Å². The highest BCUT2D eigenvalue weighted by atomic mass is 16.5. The maximum atomic E-state index is 12.3. The van der Waals surface area contributed by atoms with Crippen LogP contribution in [0.15, 0.2) is 30.3 Å². The second kappa shape index (κ2) is 9.39. The largest absolute Gasteiger partial charge is 0.384 e. The molecule has 0 bridgehead atoms. The quantitative estimate of drug-likeness (QED) is 0.598. The first-order chi connectivity index (χ1) is 12.0. The average molecular weight is 348 g/mol. The number of carbonyl (C=O) groups excluding carboxylic acids is 2. The summed E-state index contributed by atoms with van der Waals surface area (Å²) < 4.78 is 5.35. The van der Waals surface area contributed by atoms with Crippen LogP contribution >= 0.6 is 0 Å². The molecule has 1 fully saturated rings. The Kier molecular flexibility index (Phi) is 7.21. The number of nitrogens with one attached hydrogen (secondary N) is 4. The SMILES string of the molecule is COCC1(CNC(=O)C(C)NC(=O)Nc2ccccc2)CCNCC1. The minimum atomic E-state index is -0.620. The maximum Gasteiger partial charge on any atom is 0.319 e. The van der Waals surface area contributed by atoms with Crippen LogP contribution in [-0.2, 0) is 9.53 Å². The minimum Gasteiger partial charge on any atom is -0.384 e. The molecule has 1 saturated heterocycles. The average Bonchev–Trinajstić information content (AvgIpc) is 2.61. The third-order valence-corrected chi connectivity index (χ3v) is 4.52. The summed E-state index contributed by atoms with van der Waals surface area (Å²) in [5.41, 5.74) is 0.642. The molecule has 3 amide bonds. The Morgan fingerprint density at radius 1 is 1.24 bits per heavy atom. The molecule has 7 heteroatoms. The smallest absolute Gasteiger partial charge is 0.319 e. The van der Waals surface area contributed by atoms with Crippen LogP contribution in [-0.4, -0.2) is 51.3 Å². The lowest BCUT2D eigenvalue weighted by Crippen LogP contribution is -2.51. The molecular weight excluding hydrogens is 320 g/mol. The zero-order chi connectivity index (χ0) is 18.1. The van der Waals surface area contributed by atoms with Gasteiger partial charge in [0.25, 0.3) is 0 Å². The van der Waals surface area contributed by atoms with Gasteiger partial charge in [-0.15, -0.1) is 0 Å². The predicted octanol–water partition coefficient (Wildman–Crippen LogP) is 1.33. The molecule has 1 heterocycles. The van der Waals surface area contributed by atoms with Crippen LogP contribution in [0.25, 0.3) is 0 Å². The van der Waals surface area contributed by atoms with Crippen LogP contribution in [0.5, 0.6) is 0 Å². The van der Waals surface area contributed by atoms with E-state index in [0.29, 0.717) is 18.8 Å². The second-order valence-electron chi connectivity index (χ2n) is 6.59. The zero-order valence-corrected chi connectivity index (χ0v) is 14.9. The van der Waals surface area contributed by atoms with Gasteiger partial charge < -0.3 is 26.0 Å². The van der Waals surface area contributed by atoms with Crippen LogP contribution in [0.4, 0.5) is 10.5 Å². The van der Waals surface area contributed by atoms with E-state index in [1.807, 2.05) is 18.2 Å². The van der Waals surface area contributed by atoms with Gasteiger partial charge in [-0.05, 0) is 45.0 Å². The van der Waals surface area contributed by atoms with Crippen LogP contribution in [0.2, 0.25) is 0 Å². The molecule has 138 valence electrons. The number of methoxy groups -OCH3 is 1. The molecule has 0 aliphatic carbocycles. The molecule has 1 atom stereocenters. The number of hydrogen-bond acceptors (Lipinski definition) is 4. The Morgan fingerprint density at radius 2 is 1.92 bits per heavy atom. The van der Waals surface area contributed by atoms with Crippen molar-refractivity contribution in [3.63, 3.8) is 0 Å². The van der Waals surface area contributed by atoms with Gasteiger partial charge >= 0.3 is 6.03 Å². The molecule has 1 aromatic carbocycles. The fraction of sp³-hybridized carbons (Fsp3) is 0.556. The Morgan fingerprint density at radius 3 is 2.56 bits per heavy atom. The minimum absolute atomic E-state index is 0.0400. The lowest BCUT2D eigenvalue weighted by molar-refractivity contribution is -0.123. The highest BCUT2D eigenvalue weighted by Crippen LogP contribution is 2.28. The van der Waals surface area contributed by atoms with E-state index in [9.17, 15) is 9.59 Å². The van der Waals surface area contributed by atoms with Gasteiger partial charge in [0, 0.05) is 24.8 Å². The van der Waals surface area contributed by atoms with Gasteiger partial charge in [-0.25, -0.2) is 4.79 Å². The van der Waals surface area contributed by atoms with Gasteiger partial charge in [0.2, 0.25) is 5.91 Å². The normalized spacial score (nSPS) is 17.4. The van der Waals surface area contributed by atoms with E-state index < -0.39 is 12.1 Å². The first kappa shape index (κ1) is 19.2. The fourth-order valence-electron chi connectivity index (χ4n) is 3.01. The molecule has 7 nitrogen and oxygen atoms in total.